The van der Waals surface area contributed by atoms with Crippen LogP contribution in [0.4, 0.5) is 0 Å². The summed E-state index contributed by atoms with van der Waals surface area (Å²) in [7, 11) is 0. The van der Waals surface area contributed by atoms with Crippen molar-refractivity contribution in [3.05, 3.63) is 19.1 Å². The summed E-state index contributed by atoms with van der Waals surface area (Å²) >= 11 is 0. The second kappa shape index (κ2) is 7.91. The van der Waals surface area contributed by atoms with E-state index in [1.165, 1.54) is 0 Å². The van der Waals surface area contributed by atoms with Crippen molar-refractivity contribution in [1.82, 2.24) is 0 Å². The number of hydrogen-bond acceptors (Lipinski definition) is 4. The molecule has 0 fully saturated rings. The topological polar surface area (TPSA) is 52.6 Å². The molecular weight excluding hydrogens is 208 g/mol. The van der Waals surface area contributed by atoms with Gasteiger partial charge in [0.15, 0.2) is 0 Å². The molecule has 0 bridgehead atoms. The molecule has 0 aliphatic carbocycles. The van der Waals surface area contributed by atoms with Crippen LogP contribution in [-0.4, -0.2) is 25.2 Å². The van der Waals surface area contributed by atoms with E-state index in [2.05, 4.69) is 11.3 Å². The fourth-order valence-electron chi connectivity index (χ4n) is 1.02. The Labute approximate surface area is 96.6 Å². The maximum Gasteiger partial charge on any atom is 0.333 e. The summed E-state index contributed by atoms with van der Waals surface area (Å²) in [6.45, 7) is 12.0. The van der Waals surface area contributed by atoms with E-state index in [9.17, 15) is 9.59 Å². The average Bonchev–Trinajstić information content (AvgIpc) is 2.23. The first kappa shape index (κ1) is 14.7. The molecule has 0 aromatic rings. The van der Waals surface area contributed by atoms with Gasteiger partial charge in [-0.25, -0.2) is 4.79 Å². The summed E-state index contributed by atoms with van der Waals surface area (Å²) in [6, 6.07) is 0. The summed E-state index contributed by atoms with van der Waals surface area (Å²) in [5.41, 5.74) is 0.371. The van der Waals surface area contributed by atoms with Crippen molar-refractivity contribution in [3.8, 4) is 0 Å². The smallest absolute Gasteiger partial charge is 0.333 e. The molecule has 1 unspecified atom stereocenters. The van der Waals surface area contributed by atoms with Crippen LogP contribution in [0.15, 0.2) is 12.2 Å². The predicted octanol–water partition coefficient (Wildman–Crippen LogP) is 1.78. The number of esters is 2. The number of hydrogen-bond donors (Lipinski definition) is 0. The van der Waals surface area contributed by atoms with Gasteiger partial charge in [-0.05, 0) is 19.8 Å². The number of carbonyl (C=O) groups is 2. The van der Waals surface area contributed by atoms with E-state index >= 15 is 0 Å². The molecule has 0 heterocycles. The minimum absolute atomic E-state index is 0.103. The number of ether oxygens (including phenoxy) is 2. The summed E-state index contributed by atoms with van der Waals surface area (Å²) in [5.74, 6) is -0.960. The molecule has 0 aliphatic heterocycles. The van der Waals surface area contributed by atoms with E-state index in [4.69, 9.17) is 11.7 Å². The third-order valence-electron chi connectivity index (χ3n) is 1.99. The van der Waals surface area contributed by atoms with Crippen molar-refractivity contribution < 1.29 is 19.1 Å². The molecule has 90 valence electrons. The zero-order valence-corrected chi connectivity index (χ0v) is 9.82. The van der Waals surface area contributed by atoms with Gasteiger partial charge in [0.05, 0.1) is 19.1 Å². The molecule has 16 heavy (non-hydrogen) atoms. The van der Waals surface area contributed by atoms with Crippen LogP contribution in [-0.2, 0) is 19.1 Å². The van der Waals surface area contributed by atoms with Gasteiger partial charge in [-0.15, -0.1) is 0 Å². The van der Waals surface area contributed by atoms with Gasteiger partial charge in [-0.1, -0.05) is 13.5 Å². The van der Waals surface area contributed by atoms with Gasteiger partial charge >= 0.3 is 11.9 Å². The van der Waals surface area contributed by atoms with E-state index in [0.29, 0.717) is 18.4 Å². The maximum absolute atomic E-state index is 11.2. The van der Waals surface area contributed by atoms with Gasteiger partial charge in [-0.3, -0.25) is 4.79 Å². The molecule has 0 aromatic carbocycles. The average molecular weight is 226 g/mol. The van der Waals surface area contributed by atoms with E-state index in [0.717, 1.165) is 0 Å². The van der Waals surface area contributed by atoms with Crippen LogP contribution in [0.1, 0.15) is 26.7 Å². The minimum atomic E-state index is -0.405. The van der Waals surface area contributed by atoms with Crippen LogP contribution in [0.25, 0.3) is 0 Å². The third kappa shape index (κ3) is 6.22. The van der Waals surface area contributed by atoms with Crippen molar-refractivity contribution in [3.63, 3.8) is 0 Å². The standard InChI is InChI=1S/C12H18O4/c1-5-15-12(14)10(4)7-6-8-16-11(13)9(2)3/h1,10H,2,5-8H2,3-4H3. The lowest BCUT2D eigenvalue weighted by atomic mass is 10.1. The Morgan fingerprint density at radius 1 is 1.38 bits per heavy atom. The van der Waals surface area contributed by atoms with Crippen LogP contribution in [0.5, 0.6) is 0 Å². The zero-order valence-electron chi connectivity index (χ0n) is 9.82. The molecule has 4 heteroatoms. The van der Waals surface area contributed by atoms with Gasteiger partial charge in [0, 0.05) is 12.5 Å². The number of rotatable bonds is 7. The molecular formula is C12H18O4. The van der Waals surface area contributed by atoms with Crippen LogP contribution >= 0.6 is 0 Å². The van der Waals surface area contributed by atoms with Gasteiger partial charge in [0.25, 0.3) is 0 Å². The molecule has 0 amide bonds. The third-order valence-corrected chi connectivity index (χ3v) is 1.99. The molecule has 2 radical (unpaired) electrons. The van der Waals surface area contributed by atoms with E-state index in [1.807, 2.05) is 0 Å². The molecule has 0 aliphatic rings. The monoisotopic (exact) mass is 226 g/mol. The highest BCUT2D eigenvalue weighted by Crippen LogP contribution is 2.08. The molecule has 1 atom stereocenters. The molecule has 0 spiro atoms. The van der Waals surface area contributed by atoms with Crippen molar-refractivity contribution in [2.75, 3.05) is 13.2 Å². The summed E-state index contributed by atoms with van der Waals surface area (Å²) in [4.78, 5) is 22.1. The normalized spacial score (nSPS) is 11.7. The Morgan fingerprint density at radius 2 is 2.00 bits per heavy atom. The maximum atomic E-state index is 11.2. The van der Waals surface area contributed by atoms with E-state index in [1.54, 1.807) is 13.8 Å². The Kier molecular flexibility index (Phi) is 7.25. The van der Waals surface area contributed by atoms with Crippen molar-refractivity contribution in [2.24, 2.45) is 5.92 Å². The summed E-state index contributed by atoms with van der Waals surface area (Å²) < 4.78 is 9.52. The van der Waals surface area contributed by atoms with Gasteiger partial charge in [0.1, 0.15) is 0 Å². The first-order chi connectivity index (χ1) is 7.49. The molecule has 0 rings (SSSR count). The first-order valence-electron chi connectivity index (χ1n) is 5.18. The van der Waals surface area contributed by atoms with E-state index < -0.39 is 5.97 Å². The van der Waals surface area contributed by atoms with Crippen LogP contribution < -0.4 is 0 Å². The first-order valence-corrected chi connectivity index (χ1v) is 5.18. The molecule has 0 saturated heterocycles. The Balaban J connectivity index is 3.62. The largest absolute Gasteiger partial charge is 0.465 e. The lowest BCUT2D eigenvalue weighted by Crippen LogP contribution is -2.15. The van der Waals surface area contributed by atoms with Crippen LogP contribution in [0, 0.1) is 12.8 Å². The summed E-state index contributed by atoms with van der Waals surface area (Å²) in [5, 5.41) is 0. The van der Waals surface area contributed by atoms with Crippen LogP contribution in [0.2, 0.25) is 0 Å². The number of carbonyl (C=O) groups excluding carboxylic acids is 2. The Bertz CT molecular complexity index is 258. The second-order valence-corrected chi connectivity index (χ2v) is 3.59. The minimum Gasteiger partial charge on any atom is -0.465 e. The van der Waals surface area contributed by atoms with Gasteiger partial charge in [-0.2, -0.15) is 0 Å². The van der Waals surface area contributed by atoms with E-state index in [-0.39, 0.29) is 25.1 Å². The summed E-state index contributed by atoms with van der Waals surface area (Å²) in [6.07, 6.45) is 1.21. The molecule has 0 saturated carbocycles. The molecule has 0 aromatic heterocycles. The van der Waals surface area contributed by atoms with Crippen molar-refractivity contribution in [1.29, 1.82) is 0 Å². The van der Waals surface area contributed by atoms with Crippen molar-refractivity contribution in [2.45, 2.75) is 26.7 Å². The zero-order chi connectivity index (χ0) is 12.6. The lowest BCUT2D eigenvalue weighted by molar-refractivity contribution is -0.147. The second-order valence-electron chi connectivity index (χ2n) is 3.59. The SMILES string of the molecule is [CH]COC(=O)C(C)CCCOC(=O)C(=C)C. The quantitative estimate of drug-likeness (QED) is 0.377. The molecule has 4 nitrogen and oxygen atoms in total. The molecule has 0 N–H and O–H groups in total. The highest BCUT2D eigenvalue weighted by molar-refractivity contribution is 5.86. The van der Waals surface area contributed by atoms with Gasteiger partial charge < -0.3 is 9.47 Å². The predicted molar refractivity (Wildman–Crippen MR) is 59.4 cm³/mol. The Morgan fingerprint density at radius 3 is 2.50 bits per heavy atom. The fraction of sp³-hybridized carbons (Fsp3) is 0.583. The van der Waals surface area contributed by atoms with Gasteiger partial charge in [0.2, 0.25) is 0 Å². The van der Waals surface area contributed by atoms with Crippen molar-refractivity contribution >= 4 is 11.9 Å². The highest BCUT2D eigenvalue weighted by atomic mass is 16.5. The highest BCUT2D eigenvalue weighted by Gasteiger charge is 2.13. The lowest BCUT2D eigenvalue weighted by Gasteiger charge is -2.10. The Hall–Kier alpha value is -1.32. The fourth-order valence-corrected chi connectivity index (χ4v) is 1.02. The van der Waals surface area contributed by atoms with Crippen LogP contribution in [0.3, 0.4) is 0 Å².